The number of nitrogen functional groups attached to an aromatic ring is 1. The van der Waals surface area contributed by atoms with E-state index in [-0.39, 0.29) is 0 Å². The lowest BCUT2D eigenvalue weighted by molar-refractivity contribution is 1.10. The fraction of sp³-hybridized carbons (Fsp3) is 0.286. The maximum atomic E-state index is 5.65. The molecule has 4 heteroatoms. The highest BCUT2D eigenvalue weighted by atomic mass is 32.1. The molecule has 0 aliphatic carbocycles. The molecule has 0 spiro atoms. The fourth-order valence-corrected chi connectivity index (χ4v) is 2.13. The predicted octanol–water partition coefficient (Wildman–Crippen LogP) is 1.59. The van der Waals surface area contributed by atoms with Gasteiger partial charge < -0.3 is 5.73 Å². The van der Waals surface area contributed by atoms with Gasteiger partial charge in [-0.25, -0.2) is 4.98 Å². The minimum absolute atomic E-state index is 0.585. The van der Waals surface area contributed by atoms with E-state index < -0.39 is 0 Å². The average Bonchev–Trinajstić information content (AvgIpc) is 2.41. The van der Waals surface area contributed by atoms with E-state index >= 15 is 0 Å². The molecule has 0 saturated heterocycles. The van der Waals surface area contributed by atoms with Crippen LogP contribution in [0.4, 0.5) is 5.95 Å². The Kier molecular flexibility index (Phi) is 1.20. The number of fused-ring (bicyclic) bond motifs is 1. The van der Waals surface area contributed by atoms with E-state index in [0.29, 0.717) is 5.95 Å². The zero-order valence-corrected chi connectivity index (χ0v) is 7.27. The summed E-state index contributed by atoms with van der Waals surface area (Å²) in [6.07, 6.45) is 1.81. The molecule has 2 rings (SSSR count). The Balaban J connectivity index is 2.95. The summed E-state index contributed by atoms with van der Waals surface area (Å²) in [4.78, 5) is 6.43. The second-order valence-electron chi connectivity index (χ2n) is 2.53. The number of nitrogens with two attached hydrogens (primary N) is 1. The summed E-state index contributed by atoms with van der Waals surface area (Å²) in [5.74, 6) is 0.585. The van der Waals surface area contributed by atoms with Crippen LogP contribution in [0.25, 0.3) is 4.83 Å². The van der Waals surface area contributed by atoms with E-state index in [0.717, 1.165) is 4.83 Å². The van der Waals surface area contributed by atoms with Crippen molar-refractivity contribution in [3.05, 3.63) is 16.8 Å². The molecule has 0 atom stereocenters. The van der Waals surface area contributed by atoms with E-state index in [1.54, 1.807) is 17.5 Å². The van der Waals surface area contributed by atoms with Gasteiger partial charge in [0, 0.05) is 10.6 Å². The lowest BCUT2D eigenvalue weighted by atomic mass is 10.4. The summed E-state index contributed by atoms with van der Waals surface area (Å²) in [7, 11) is 0. The summed E-state index contributed by atoms with van der Waals surface area (Å²) < 4.78 is 1.97. The average molecular weight is 167 g/mol. The molecule has 0 bridgehead atoms. The summed E-state index contributed by atoms with van der Waals surface area (Å²) in [6.45, 7) is 4.14. The SMILES string of the molecule is Cc1sc2cnc(N)n2c1C. The Morgan fingerprint density at radius 2 is 2.27 bits per heavy atom. The third-order valence-corrected chi connectivity index (χ3v) is 2.96. The quantitative estimate of drug-likeness (QED) is 0.647. The van der Waals surface area contributed by atoms with Crippen molar-refractivity contribution in [2.45, 2.75) is 13.8 Å². The highest BCUT2D eigenvalue weighted by molar-refractivity contribution is 7.17. The molecular formula is C7H9N3S. The second kappa shape index (κ2) is 1.98. The van der Waals surface area contributed by atoms with Crippen LogP contribution in [0.3, 0.4) is 0 Å². The smallest absolute Gasteiger partial charge is 0.205 e. The Morgan fingerprint density at radius 1 is 1.55 bits per heavy atom. The minimum Gasteiger partial charge on any atom is -0.369 e. The third-order valence-electron chi connectivity index (χ3n) is 1.86. The molecular weight excluding hydrogens is 158 g/mol. The summed E-state index contributed by atoms with van der Waals surface area (Å²) >= 11 is 1.72. The number of aryl methyl sites for hydroxylation is 2. The van der Waals surface area contributed by atoms with Crippen LogP contribution in [0.15, 0.2) is 6.20 Å². The number of hydrogen-bond donors (Lipinski definition) is 1. The van der Waals surface area contributed by atoms with Gasteiger partial charge in [-0.15, -0.1) is 11.3 Å². The van der Waals surface area contributed by atoms with E-state index in [1.807, 2.05) is 4.40 Å². The summed E-state index contributed by atoms with van der Waals surface area (Å²) in [5.41, 5.74) is 6.84. The first-order valence-corrected chi connectivity index (χ1v) is 4.20. The molecule has 0 aromatic carbocycles. The molecule has 58 valence electrons. The molecule has 2 heterocycles. The van der Waals surface area contributed by atoms with Crippen LogP contribution in [0, 0.1) is 13.8 Å². The Labute approximate surface area is 68.5 Å². The van der Waals surface area contributed by atoms with Gasteiger partial charge in [0.05, 0.1) is 6.20 Å². The molecule has 0 unspecified atom stereocenters. The number of nitrogens with zero attached hydrogens (tertiary/aromatic N) is 2. The number of imidazole rings is 1. The Morgan fingerprint density at radius 3 is 2.91 bits per heavy atom. The lowest BCUT2D eigenvalue weighted by Gasteiger charge is -1.92. The van der Waals surface area contributed by atoms with Crippen molar-refractivity contribution in [3.8, 4) is 0 Å². The third kappa shape index (κ3) is 0.758. The molecule has 0 amide bonds. The van der Waals surface area contributed by atoms with Crippen molar-refractivity contribution >= 4 is 22.1 Å². The van der Waals surface area contributed by atoms with Gasteiger partial charge in [-0.3, -0.25) is 4.40 Å². The van der Waals surface area contributed by atoms with Gasteiger partial charge in [-0.1, -0.05) is 0 Å². The number of anilines is 1. The predicted molar refractivity (Wildman–Crippen MR) is 47.0 cm³/mol. The maximum Gasteiger partial charge on any atom is 0.205 e. The molecule has 0 aliphatic rings. The number of thiazole rings is 1. The van der Waals surface area contributed by atoms with Gasteiger partial charge in [0.1, 0.15) is 4.83 Å². The molecule has 0 aliphatic heterocycles. The van der Waals surface area contributed by atoms with Crippen molar-refractivity contribution in [3.63, 3.8) is 0 Å². The second-order valence-corrected chi connectivity index (χ2v) is 3.77. The van der Waals surface area contributed by atoms with Gasteiger partial charge in [0.15, 0.2) is 0 Å². The van der Waals surface area contributed by atoms with E-state index in [1.165, 1.54) is 10.6 Å². The lowest BCUT2D eigenvalue weighted by Crippen LogP contribution is -1.94. The van der Waals surface area contributed by atoms with E-state index in [4.69, 9.17) is 5.73 Å². The largest absolute Gasteiger partial charge is 0.369 e. The van der Waals surface area contributed by atoms with Crippen LogP contribution in [-0.2, 0) is 0 Å². The number of aromatic nitrogens is 2. The van der Waals surface area contributed by atoms with E-state index in [2.05, 4.69) is 18.8 Å². The first-order valence-electron chi connectivity index (χ1n) is 3.39. The molecule has 3 nitrogen and oxygen atoms in total. The van der Waals surface area contributed by atoms with E-state index in [9.17, 15) is 0 Å². The molecule has 0 fully saturated rings. The topological polar surface area (TPSA) is 43.3 Å². The van der Waals surface area contributed by atoms with Crippen molar-refractivity contribution in [1.82, 2.24) is 9.38 Å². The van der Waals surface area contributed by atoms with Crippen LogP contribution < -0.4 is 5.73 Å². The first kappa shape index (κ1) is 6.67. The molecule has 0 saturated carbocycles. The molecule has 11 heavy (non-hydrogen) atoms. The molecule has 2 aromatic rings. The van der Waals surface area contributed by atoms with Gasteiger partial charge in [-0.05, 0) is 13.8 Å². The Bertz CT molecular complexity index is 399. The van der Waals surface area contributed by atoms with Crippen molar-refractivity contribution in [2.24, 2.45) is 0 Å². The highest BCUT2D eigenvalue weighted by Gasteiger charge is 2.06. The van der Waals surface area contributed by atoms with Crippen LogP contribution >= 0.6 is 11.3 Å². The minimum atomic E-state index is 0.585. The van der Waals surface area contributed by atoms with Gasteiger partial charge >= 0.3 is 0 Å². The van der Waals surface area contributed by atoms with Gasteiger partial charge in [0.2, 0.25) is 5.95 Å². The summed E-state index contributed by atoms with van der Waals surface area (Å²) in [6, 6.07) is 0. The normalized spacial score (nSPS) is 11.1. The molecule has 2 N–H and O–H groups in total. The standard InChI is InChI=1S/C7H9N3S/c1-4-5(2)11-6-3-9-7(8)10(4)6/h3H,1-2H3,(H2,8,9). The van der Waals surface area contributed by atoms with Gasteiger partial charge in [0.25, 0.3) is 0 Å². The monoisotopic (exact) mass is 167 g/mol. The summed E-state index contributed by atoms with van der Waals surface area (Å²) in [5, 5.41) is 0. The molecule has 0 radical (unpaired) electrons. The van der Waals surface area contributed by atoms with Crippen molar-refractivity contribution < 1.29 is 0 Å². The number of hydrogen-bond acceptors (Lipinski definition) is 3. The van der Waals surface area contributed by atoms with Crippen LogP contribution in [-0.4, -0.2) is 9.38 Å². The van der Waals surface area contributed by atoms with Gasteiger partial charge in [-0.2, -0.15) is 0 Å². The zero-order valence-electron chi connectivity index (χ0n) is 6.46. The molecule has 2 aromatic heterocycles. The van der Waals surface area contributed by atoms with Crippen LogP contribution in [0.1, 0.15) is 10.6 Å². The fourth-order valence-electron chi connectivity index (χ4n) is 1.15. The Hall–Kier alpha value is -1.03. The zero-order chi connectivity index (χ0) is 8.01. The van der Waals surface area contributed by atoms with Crippen LogP contribution in [0.5, 0.6) is 0 Å². The first-order chi connectivity index (χ1) is 5.20. The number of rotatable bonds is 0. The van der Waals surface area contributed by atoms with Crippen molar-refractivity contribution in [1.29, 1.82) is 0 Å². The maximum absolute atomic E-state index is 5.65. The van der Waals surface area contributed by atoms with Crippen molar-refractivity contribution in [2.75, 3.05) is 5.73 Å². The van der Waals surface area contributed by atoms with Crippen LogP contribution in [0.2, 0.25) is 0 Å². The highest BCUT2D eigenvalue weighted by Crippen LogP contribution is 2.23.